The Bertz CT molecular complexity index is 481. The van der Waals surface area contributed by atoms with Gasteiger partial charge in [-0.2, -0.15) is 4.98 Å². The first-order chi connectivity index (χ1) is 7.45. The molecule has 6 heteroatoms. The second-order valence-corrected chi connectivity index (χ2v) is 4.58. The minimum Gasteiger partial charge on any atom is -0.478 e. The Hall–Kier alpha value is -1.56. The van der Waals surface area contributed by atoms with Crippen molar-refractivity contribution in [2.45, 2.75) is 24.1 Å². The molecule has 0 saturated heterocycles. The van der Waals surface area contributed by atoms with E-state index in [1.165, 1.54) is 18.7 Å². The summed E-state index contributed by atoms with van der Waals surface area (Å²) in [5.41, 5.74) is -0.189. The van der Waals surface area contributed by atoms with Gasteiger partial charge in [-0.3, -0.25) is 0 Å². The van der Waals surface area contributed by atoms with Gasteiger partial charge in [-0.05, 0) is 13.8 Å². The second kappa shape index (κ2) is 4.98. The maximum Gasteiger partial charge on any atom is 0.346 e. The van der Waals surface area contributed by atoms with E-state index in [9.17, 15) is 9.59 Å². The van der Waals surface area contributed by atoms with Crippen molar-refractivity contribution >= 4 is 17.7 Å². The summed E-state index contributed by atoms with van der Waals surface area (Å²) < 4.78 is 0. The second-order valence-electron chi connectivity index (χ2n) is 3.21. The van der Waals surface area contributed by atoms with Gasteiger partial charge in [-0.25, -0.2) is 9.59 Å². The molecule has 1 rings (SSSR count). The number of H-pyrrole nitrogens is 1. The highest BCUT2D eigenvalue weighted by Gasteiger charge is 2.18. The molecular formula is C10H12N2O3S. The predicted molar refractivity (Wildman–Crippen MR) is 62.1 cm³/mol. The average Bonchev–Trinajstić information content (AvgIpc) is 2.15. The number of aromatic nitrogens is 2. The van der Waals surface area contributed by atoms with E-state index in [-0.39, 0.29) is 15.8 Å². The van der Waals surface area contributed by atoms with Gasteiger partial charge in [-0.1, -0.05) is 17.8 Å². The van der Waals surface area contributed by atoms with Crippen LogP contribution in [0.25, 0.3) is 0 Å². The lowest BCUT2D eigenvalue weighted by molar-refractivity contribution is 0.0690. The summed E-state index contributed by atoms with van der Waals surface area (Å²) in [5, 5.41) is 9.24. The summed E-state index contributed by atoms with van der Waals surface area (Å²) in [6.45, 7) is 6.98. The molecule has 5 nitrogen and oxygen atoms in total. The minimum absolute atomic E-state index is 0.00759. The molecule has 0 spiro atoms. The molecule has 0 radical (unpaired) electrons. The predicted octanol–water partition coefficient (Wildman–Crippen LogP) is 1.44. The molecule has 0 aliphatic carbocycles. The van der Waals surface area contributed by atoms with Crippen molar-refractivity contribution in [3.63, 3.8) is 0 Å². The summed E-state index contributed by atoms with van der Waals surface area (Å²) >= 11 is 1.20. The third-order valence-corrected chi connectivity index (χ3v) is 3.01. The highest BCUT2D eigenvalue weighted by Crippen LogP contribution is 2.25. The van der Waals surface area contributed by atoms with Crippen molar-refractivity contribution in [2.24, 2.45) is 0 Å². The molecule has 0 aliphatic heterocycles. The van der Waals surface area contributed by atoms with Crippen LogP contribution in [0, 0.1) is 6.92 Å². The van der Waals surface area contributed by atoms with Crippen molar-refractivity contribution < 1.29 is 9.90 Å². The number of aryl methyl sites for hydroxylation is 1. The van der Waals surface area contributed by atoms with E-state index < -0.39 is 11.7 Å². The number of nitrogens with one attached hydrogen (secondary N) is 1. The Morgan fingerprint density at radius 3 is 2.81 bits per heavy atom. The number of aromatic amines is 1. The fourth-order valence-corrected chi connectivity index (χ4v) is 2.06. The van der Waals surface area contributed by atoms with Gasteiger partial charge in [-0.15, -0.1) is 6.58 Å². The van der Waals surface area contributed by atoms with Crippen LogP contribution in [0.4, 0.5) is 0 Å². The highest BCUT2D eigenvalue weighted by molar-refractivity contribution is 8.00. The van der Waals surface area contributed by atoms with Crippen molar-refractivity contribution in [1.82, 2.24) is 9.97 Å². The van der Waals surface area contributed by atoms with Crippen molar-refractivity contribution in [1.29, 1.82) is 0 Å². The van der Waals surface area contributed by atoms with Crippen LogP contribution >= 0.6 is 11.8 Å². The summed E-state index contributed by atoms with van der Waals surface area (Å²) in [6.07, 6.45) is 1.66. The van der Waals surface area contributed by atoms with E-state index >= 15 is 0 Å². The summed E-state index contributed by atoms with van der Waals surface area (Å²) in [4.78, 5) is 28.2. The van der Waals surface area contributed by atoms with Crippen LogP contribution in [0.5, 0.6) is 0 Å². The van der Waals surface area contributed by atoms with Crippen LogP contribution in [0.3, 0.4) is 0 Å². The van der Waals surface area contributed by atoms with Gasteiger partial charge < -0.3 is 10.1 Å². The molecule has 1 aromatic heterocycles. The van der Waals surface area contributed by atoms with Gasteiger partial charge >= 0.3 is 11.7 Å². The molecule has 1 aromatic rings. The van der Waals surface area contributed by atoms with Gasteiger partial charge in [0.05, 0.1) is 0 Å². The number of carbonyl (C=O) groups is 1. The monoisotopic (exact) mass is 240 g/mol. The van der Waals surface area contributed by atoms with Crippen LogP contribution in [0.2, 0.25) is 0 Å². The van der Waals surface area contributed by atoms with E-state index in [0.717, 1.165) is 0 Å². The maximum absolute atomic E-state index is 11.2. The fourth-order valence-electron chi connectivity index (χ4n) is 1.12. The van der Waals surface area contributed by atoms with E-state index in [0.29, 0.717) is 5.69 Å². The smallest absolute Gasteiger partial charge is 0.346 e. The Balaban J connectivity index is 3.29. The topological polar surface area (TPSA) is 83.0 Å². The van der Waals surface area contributed by atoms with Crippen LogP contribution < -0.4 is 5.69 Å². The Labute approximate surface area is 96.6 Å². The van der Waals surface area contributed by atoms with E-state index in [1.807, 2.05) is 6.92 Å². The van der Waals surface area contributed by atoms with Crippen LogP contribution in [-0.4, -0.2) is 26.3 Å². The number of hydrogen-bond donors (Lipinski definition) is 2. The molecule has 2 N–H and O–H groups in total. The third-order valence-electron chi connectivity index (χ3n) is 1.93. The summed E-state index contributed by atoms with van der Waals surface area (Å²) in [7, 11) is 0. The molecule has 0 aliphatic rings. The first-order valence-corrected chi connectivity index (χ1v) is 5.47. The standard InChI is InChI=1S/C10H12N2O3S/c1-4-5(2)16-8-7(9(13)14)6(3)11-10(15)12-8/h4-5H,1H2,2-3H3,(H,13,14)(H,11,12,15). The van der Waals surface area contributed by atoms with Crippen LogP contribution in [-0.2, 0) is 0 Å². The number of hydrogen-bond acceptors (Lipinski definition) is 4. The van der Waals surface area contributed by atoms with Crippen molar-refractivity contribution in [3.05, 3.63) is 34.4 Å². The number of aromatic carboxylic acids is 1. The molecule has 0 aromatic carbocycles. The molecule has 1 heterocycles. The van der Waals surface area contributed by atoms with Gasteiger partial charge in [0, 0.05) is 10.9 Å². The number of rotatable bonds is 4. The van der Waals surface area contributed by atoms with Crippen molar-refractivity contribution in [2.75, 3.05) is 0 Å². The SMILES string of the molecule is C=CC(C)Sc1nc(=O)[nH]c(C)c1C(=O)O. The maximum atomic E-state index is 11.2. The number of carboxylic acids is 1. The summed E-state index contributed by atoms with van der Waals surface area (Å²) in [5.74, 6) is -1.10. The van der Waals surface area contributed by atoms with Crippen LogP contribution in [0.15, 0.2) is 22.5 Å². The average molecular weight is 240 g/mol. The van der Waals surface area contributed by atoms with Gasteiger partial charge in [0.15, 0.2) is 0 Å². The van der Waals surface area contributed by atoms with Gasteiger partial charge in [0.25, 0.3) is 0 Å². The first kappa shape index (κ1) is 12.5. The minimum atomic E-state index is -1.10. The Kier molecular flexibility index (Phi) is 3.89. The lowest BCUT2D eigenvalue weighted by Gasteiger charge is -2.09. The lowest BCUT2D eigenvalue weighted by atomic mass is 10.2. The van der Waals surface area contributed by atoms with Crippen LogP contribution in [0.1, 0.15) is 23.0 Å². The molecule has 16 heavy (non-hydrogen) atoms. The molecule has 0 bridgehead atoms. The van der Waals surface area contributed by atoms with E-state index in [2.05, 4.69) is 16.5 Å². The van der Waals surface area contributed by atoms with Gasteiger partial charge in [0.1, 0.15) is 10.6 Å². The normalized spacial score (nSPS) is 12.1. The summed E-state index contributed by atoms with van der Waals surface area (Å²) in [6, 6.07) is 0. The Morgan fingerprint density at radius 2 is 2.31 bits per heavy atom. The molecule has 1 unspecified atom stereocenters. The molecule has 0 amide bonds. The number of carboxylic acid groups (broad SMARTS) is 1. The Morgan fingerprint density at radius 1 is 1.69 bits per heavy atom. The molecule has 1 atom stereocenters. The number of nitrogens with zero attached hydrogens (tertiary/aromatic N) is 1. The van der Waals surface area contributed by atoms with Crippen molar-refractivity contribution in [3.8, 4) is 0 Å². The van der Waals surface area contributed by atoms with E-state index in [4.69, 9.17) is 5.11 Å². The number of thioether (sulfide) groups is 1. The zero-order chi connectivity index (χ0) is 12.3. The largest absolute Gasteiger partial charge is 0.478 e. The first-order valence-electron chi connectivity index (χ1n) is 4.59. The quantitative estimate of drug-likeness (QED) is 0.472. The zero-order valence-corrected chi connectivity index (χ0v) is 9.80. The molecule has 0 fully saturated rings. The zero-order valence-electron chi connectivity index (χ0n) is 8.98. The molecule has 0 saturated carbocycles. The fraction of sp³-hybridized carbons (Fsp3) is 0.300. The van der Waals surface area contributed by atoms with Gasteiger partial charge in [0.2, 0.25) is 0 Å². The molecular weight excluding hydrogens is 228 g/mol. The highest BCUT2D eigenvalue weighted by atomic mass is 32.2. The van der Waals surface area contributed by atoms with E-state index in [1.54, 1.807) is 6.08 Å². The third kappa shape index (κ3) is 2.73. The molecule has 86 valence electrons. The lowest BCUT2D eigenvalue weighted by Crippen LogP contribution is -2.18.